The molecule has 0 spiro atoms. The van der Waals surface area contributed by atoms with E-state index in [9.17, 15) is 4.79 Å². The van der Waals surface area contributed by atoms with Crippen molar-refractivity contribution in [2.75, 3.05) is 20.6 Å². The summed E-state index contributed by atoms with van der Waals surface area (Å²) in [5.74, 6) is 1.34. The molecule has 2 rings (SSSR count). The number of nitrogens with one attached hydrogen (secondary N) is 1. The van der Waals surface area contributed by atoms with Gasteiger partial charge in [-0.3, -0.25) is 4.79 Å². The molecule has 0 saturated heterocycles. The summed E-state index contributed by atoms with van der Waals surface area (Å²) in [5.41, 5.74) is 0. The summed E-state index contributed by atoms with van der Waals surface area (Å²) in [6.07, 6.45) is 5.80. The first-order chi connectivity index (χ1) is 10.0. The van der Waals surface area contributed by atoms with Gasteiger partial charge in [-0.1, -0.05) is 16.8 Å². The summed E-state index contributed by atoms with van der Waals surface area (Å²) in [4.78, 5) is 14.1. The molecule has 1 aliphatic rings. The molecule has 1 N–H and O–H groups in total. The molecule has 0 radical (unpaired) electrons. The van der Waals surface area contributed by atoms with Crippen LogP contribution in [0.15, 0.2) is 10.6 Å². The third kappa shape index (κ3) is 5.32. The third-order valence-corrected chi connectivity index (χ3v) is 4.44. The highest BCUT2D eigenvalue weighted by Crippen LogP contribution is 2.25. The lowest BCUT2D eigenvalue weighted by Crippen LogP contribution is -2.36. The highest BCUT2D eigenvalue weighted by molar-refractivity contribution is 6.29. The van der Waals surface area contributed by atoms with Gasteiger partial charge >= 0.3 is 0 Å². The fourth-order valence-electron chi connectivity index (χ4n) is 2.85. The second kappa shape index (κ2) is 7.80. The first-order valence-corrected chi connectivity index (χ1v) is 7.96. The first kappa shape index (κ1) is 16.3. The Morgan fingerprint density at radius 2 is 2.14 bits per heavy atom. The maximum Gasteiger partial charge on any atom is 0.220 e. The van der Waals surface area contributed by atoms with Crippen LogP contribution in [0.2, 0.25) is 5.15 Å². The SMILES string of the molecule is CN(C)C1CCC(CNC(=O)CCc2cc(Cl)no2)CC1. The third-order valence-electron chi connectivity index (χ3n) is 4.26. The molecule has 1 fully saturated rings. The van der Waals surface area contributed by atoms with Crippen LogP contribution in [-0.4, -0.2) is 42.6 Å². The average Bonchev–Trinajstić information content (AvgIpc) is 2.89. The van der Waals surface area contributed by atoms with Crippen molar-refractivity contribution in [1.29, 1.82) is 0 Å². The van der Waals surface area contributed by atoms with E-state index in [-0.39, 0.29) is 5.91 Å². The number of halogens is 1. The largest absolute Gasteiger partial charge is 0.360 e. The Bertz CT molecular complexity index is 454. The number of hydrogen-bond donors (Lipinski definition) is 1. The monoisotopic (exact) mass is 313 g/mol. The molecule has 1 aliphatic carbocycles. The van der Waals surface area contributed by atoms with Crippen LogP contribution < -0.4 is 5.32 Å². The van der Waals surface area contributed by atoms with Gasteiger partial charge in [0.2, 0.25) is 5.91 Å². The van der Waals surface area contributed by atoms with Gasteiger partial charge in [0.1, 0.15) is 5.76 Å². The molecule has 1 aromatic rings. The van der Waals surface area contributed by atoms with Gasteiger partial charge in [-0.05, 0) is 45.7 Å². The Balaban J connectivity index is 1.61. The van der Waals surface area contributed by atoms with E-state index in [0.29, 0.717) is 35.7 Å². The topological polar surface area (TPSA) is 58.4 Å². The van der Waals surface area contributed by atoms with Crippen LogP contribution in [0, 0.1) is 5.92 Å². The molecule has 5 nitrogen and oxygen atoms in total. The number of aromatic nitrogens is 1. The number of amides is 1. The molecular formula is C15H24ClN3O2. The molecule has 0 aliphatic heterocycles. The van der Waals surface area contributed by atoms with E-state index in [2.05, 4.69) is 29.5 Å². The molecule has 0 atom stereocenters. The second-order valence-corrected chi connectivity index (χ2v) is 6.45. The van der Waals surface area contributed by atoms with E-state index < -0.39 is 0 Å². The van der Waals surface area contributed by atoms with Gasteiger partial charge < -0.3 is 14.7 Å². The fraction of sp³-hybridized carbons (Fsp3) is 0.733. The number of rotatable bonds is 6. The van der Waals surface area contributed by atoms with Crippen molar-refractivity contribution in [2.24, 2.45) is 5.92 Å². The lowest BCUT2D eigenvalue weighted by Gasteiger charge is -2.32. The number of aryl methyl sites for hydroxylation is 1. The van der Waals surface area contributed by atoms with Crippen molar-refractivity contribution in [3.05, 3.63) is 17.0 Å². The Labute approximate surface area is 131 Å². The predicted molar refractivity (Wildman–Crippen MR) is 82.3 cm³/mol. The molecule has 118 valence electrons. The molecule has 6 heteroatoms. The van der Waals surface area contributed by atoms with Gasteiger partial charge in [0.25, 0.3) is 0 Å². The van der Waals surface area contributed by atoms with Crippen molar-refractivity contribution in [1.82, 2.24) is 15.4 Å². The molecule has 21 heavy (non-hydrogen) atoms. The Morgan fingerprint density at radius 1 is 1.43 bits per heavy atom. The van der Waals surface area contributed by atoms with Gasteiger partial charge in [0, 0.05) is 31.5 Å². The zero-order chi connectivity index (χ0) is 15.2. The van der Waals surface area contributed by atoms with Crippen molar-refractivity contribution in [2.45, 2.75) is 44.6 Å². The zero-order valence-corrected chi connectivity index (χ0v) is 13.5. The Hall–Kier alpha value is -1.07. The summed E-state index contributed by atoms with van der Waals surface area (Å²) in [7, 11) is 4.28. The minimum absolute atomic E-state index is 0.0669. The van der Waals surface area contributed by atoms with Gasteiger partial charge in [-0.15, -0.1) is 0 Å². The Kier molecular flexibility index (Phi) is 6.06. The first-order valence-electron chi connectivity index (χ1n) is 7.59. The highest BCUT2D eigenvalue weighted by atomic mass is 35.5. The molecule has 0 unspecified atom stereocenters. The summed E-state index contributed by atoms with van der Waals surface area (Å²) >= 11 is 5.66. The molecule has 1 amide bonds. The highest BCUT2D eigenvalue weighted by Gasteiger charge is 2.22. The van der Waals surface area contributed by atoms with E-state index in [1.807, 2.05) is 0 Å². The number of carbonyl (C=O) groups is 1. The van der Waals surface area contributed by atoms with E-state index in [0.717, 1.165) is 6.54 Å². The van der Waals surface area contributed by atoms with Crippen molar-refractivity contribution in [3.63, 3.8) is 0 Å². The van der Waals surface area contributed by atoms with Crippen molar-refractivity contribution >= 4 is 17.5 Å². The average molecular weight is 314 g/mol. The quantitative estimate of drug-likeness (QED) is 0.876. The van der Waals surface area contributed by atoms with Crippen LogP contribution in [0.3, 0.4) is 0 Å². The molecular weight excluding hydrogens is 290 g/mol. The van der Waals surface area contributed by atoms with Crippen LogP contribution in [0.4, 0.5) is 0 Å². The summed E-state index contributed by atoms with van der Waals surface area (Å²) in [6.45, 7) is 0.788. The lowest BCUT2D eigenvalue weighted by atomic mass is 9.85. The van der Waals surface area contributed by atoms with E-state index in [1.54, 1.807) is 6.07 Å². The number of carbonyl (C=O) groups excluding carboxylic acids is 1. The van der Waals surface area contributed by atoms with Crippen LogP contribution in [0.25, 0.3) is 0 Å². The van der Waals surface area contributed by atoms with Crippen LogP contribution in [0.1, 0.15) is 37.9 Å². The minimum Gasteiger partial charge on any atom is -0.360 e. The normalized spacial score (nSPS) is 22.5. The summed E-state index contributed by atoms with van der Waals surface area (Å²) in [6, 6.07) is 2.35. The maximum absolute atomic E-state index is 11.8. The minimum atomic E-state index is 0.0669. The number of nitrogens with zero attached hydrogens (tertiary/aromatic N) is 2. The molecule has 0 bridgehead atoms. The van der Waals surface area contributed by atoms with E-state index >= 15 is 0 Å². The van der Waals surface area contributed by atoms with Gasteiger partial charge in [0.15, 0.2) is 5.15 Å². The standard InChI is InChI=1S/C15H24ClN3O2/c1-19(2)12-5-3-11(4-6-12)10-17-15(20)8-7-13-9-14(16)18-21-13/h9,11-12H,3-8,10H2,1-2H3,(H,17,20). The second-order valence-electron chi connectivity index (χ2n) is 6.06. The van der Waals surface area contributed by atoms with Crippen LogP contribution >= 0.6 is 11.6 Å². The fourth-order valence-corrected chi connectivity index (χ4v) is 3.01. The maximum atomic E-state index is 11.8. The molecule has 0 aromatic carbocycles. The zero-order valence-electron chi connectivity index (χ0n) is 12.8. The predicted octanol–water partition coefficient (Wildman–Crippen LogP) is 2.50. The van der Waals surface area contributed by atoms with Crippen molar-refractivity contribution < 1.29 is 9.32 Å². The molecule has 1 aromatic heterocycles. The summed E-state index contributed by atoms with van der Waals surface area (Å²) in [5, 5.41) is 6.95. The van der Waals surface area contributed by atoms with Gasteiger partial charge in [0.05, 0.1) is 0 Å². The summed E-state index contributed by atoms with van der Waals surface area (Å²) < 4.78 is 4.98. The Morgan fingerprint density at radius 3 is 2.71 bits per heavy atom. The smallest absolute Gasteiger partial charge is 0.220 e. The van der Waals surface area contributed by atoms with Gasteiger partial charge in [-0.25, -0.2) is 0 Å². The number of hydrogen-bond acceptors (Lipinski definition) is 4. The van der Waals surface area contributed by atoms with Gasteiger partial charge in [-0.2, -0.15) is 0 Å². The van der Waals surface area contributed by atoms with Crippen molar-refractivity contribution in [3.8, 4) is 0 Å². The van der Waals surface area contributed by atoms with E-state index in [1.165, 1.54) is 25.7 Å². The van der Waals surface area contributed by atoms with Crippen LogP contribution in [-0.2, 0) is 11.2 Å². The molecule has 1 saturated carbocycles. The lowest BCUT2D eigenvalue weighted by molar-refractivity contribution is -0.121. The van der Waals surface area contributed by atoms with E-state index in [4.69, 9.17) is 16.1 Å². The molecule has 1 heterocycles. The van der Waals surface area contributed by atoms with Crippen LogP contribution in [0.5, 0.6) is 0 Å².